The fraction of sp³-hybridized carbons (Fsp3) is 0.286. The average molecular weight is 327 g/mol. The van der Waals surface area contributed by atoms with E-state index in [4.69, 9.17) is 23.2 Å². The van der Waals surface area contributed by atoms with Crippen LogP contribution in [0.5, 0.6) is 0 Å². The Morgan fingerprint density at radius 3 is 2.71 bits per heavy atom. The number of rotatable bonds is 4. The minimum atomic E-state index is -0.366. The molecule has 0 spiro atoms. The second-order valence-electron chi connectivity index (χ2n) is 4.92. The topological polar surface area (TPSA) is 69.8 Å². The van der Waals surface area contributed by atoms with Crippen molar-refractivity contribution in [3.8, 4) is 0 Å². The smallest absolute Gasteiger partial charge is 0.319 e. The molecule has 21 heavy (non-hydrogen) atoms. The first-order valence-corrected chi connectivity index (χ1v) is 7.25. The van der Waals surface area contributed by atoms with Gasteiger partial charge in [0, 0.05) is 17.4 Å². The van der Waals surface area contributed by atoms with Crippen LogP contribution in [0.3, 0.4) is 0 Å². The van der Waals surface area contributed by atoms with Gasteiger partial charge in [-0.15, -0.1) is 0 Å². The highest BCUT2D eigenvalue weighted by molar-refractivity contribution is 6.35. The number of H-pyrrole nitrogens is 1. The molecule has 0 saturated heterocycles. The summed E-state index contributed by atoms with van der Waals surface area (Å²) in [5, 5.41) is 6.48. The highest BCUT2D eigenvalue weighted by atomic mass is 35.5. The first kappa shape index (κ1) is 15.7. The molecule has 2 aromatic rings. The van der Waals surface area contributed by atoms with E-state index in [1.165, 1.54) is 0 Å². The molecule has 0 aliphatic heterocycles. The number of imidazole rings is 1. The number of amides is 2. The van der Waals surface area contributed by atoms with Crippen LogP contribution in [0.4, 0.5) is 10.5 Å². The molecule has 1 heterocycles. The summed E-state index contributed by atoms with van der Waals surface area (Å²) in [5.41, 5.74) is 0.462. The van der Waals surface area contributed by atoms with Gasteiger partial charge >= 0.3 is 6.03 Å². The number of hydrogen-bond donors (Lipinski definition) is 3. The number of hydrogen-bond acceptors (Lipinski definition) is 2. The number of nitrogens with zero attached hydrogens (tertiary/aromatic N) is 1. The SMILES string of the molecule is CC(C)[C@@H](NC(=O)Nc1cc(Cl)ccc1Cl)c1ncc[nH]1. The first-order valence-electron chi connectivity index (χ1n) is 6.49. The second kappa shape index (κ2) is 6.83. The summed E-state index contributed by atoms with van der Waals surface area (Å²) in [6.45, 7) is 4.00. The molecule has 3 N–H and O–H groups in total. The quantitative estimate of drug-likeness (QED) is 0.786. The van der Waals surface area contributed by atoms with Crippen molar-refractivity contribution in [1.29, 1.82) is 0 Å². The number of urea groups is 1. The van der Waals surface area contributed by atoms with Crippen LogP contribution in [-0.4, -0.2) is 16.0 Å². The van der Waals surface area contributed by atoms with Crippen molar-refractivity contribution in [3.63, 3.8) is 0 Å². The Labute approximate surface area is 133 Å². The maximum atomic E-state index is 12.1. The Balaban J connectivity index is 2.08. The fourth-order valence-electron chi connectivity index (χ4n) is 1.89. The van der Waals surface area contributed by atoms with E-state index in [2.05, 4.69) is 20.6 Å². The van der Waals surface area contributed by atoms with E-state index in [-0.39, 0.29) is 18.0 Å². The molecule has 2 amide bonds. The van der Waals surface area contributed by atoms with E-state index >= 15 is 0 Å². The van der Waals surface area contributed by atoms with Crippen molar-refractivity contribution in [2.45, 2.75) is 19.9 Å². The van der Waals surface area contributed by atoms with Crippen molar-refractivity contribution < 1.29 is 4.79 Å². The summed E-state index contributed by atoms with van der Waals surface area (Å²) in [4.78, 5) is 19.3. The molecule has 0 aliphatic rings. The van der Waals surface area contributed by atoms with E-state index in [1.807, 2.05) is 13.8 Å². The molecular formula is C14H16Cl2N4O. The van der Waals surface area contributed by atoms with Crippen LogP contribution in [-0.2, 0) is 0 Å². The molecule has 0 saturated carbocycles. The molecule has 1 aromatic heterocycles. The van der Waals surface area contributed by atoms with E-state index in [1.54, 1.807) is 30.6 Å². The lowest BCUT2D eigenvalue weighted by Crippen LogP contribution is -2.35. The maximum Gasteiger partial charge on any atom is 0.319 e. The Hall–Kier alpha value is -1.72. The molecule has 7 heteroatoms. The zero-order chi connectivity index (χ0) is 15.4. The van der Waals surface area contributed by atoms with Gasteiger partial charge in [0.25, 0.3) is 0 Å². The number of aromatic nitrogens is 2. The lowest BCUT2D eigenvalue weighted by molar-refractivity contribution is 0.244. The highest BCUT2D eigenvalue weighted by Gasteiger charge is 2.20. The lowest BCUT2D eigenvalue weighted by atomic mass is 10.0. The largest absolute Gasteiger partial charge is 0.347 e. The van der Waals surface area contributed by atoms with E-state index < -0.39 is 0 Å². The average Bonchev–Trinajstić information content (AvgIpc) is 2.93. The number of aromatic amines is 1. The molecular weight excluding hydrogens is 311 g/mol. The fourth-order valence-corrected chi connectivity index (χ4v) is 2.23. The van der Waals surface area contributed by atoms with Gasteiger partial charge in [-0.3, -0.25) is 0 Å². The van der Waals surface area contributed by atoms with Gasteiger partial charge in [0.1, 0.15) is 5.82 Å². The van der Waals surface area contributed by atoms with Crippen molar-refractivity contribution >= 4 is 34.9 Å². The van der Waals surface area contributed by atoms with Crippen molar-refractivity contribution in [1.82, 2.24) is 15.3 Å². The van der Waals surface area contributed by atoms with Crippen molar-refractivity contribution in [2.75, 3.05) is 5.32 Å². The van der Waals surface area contributed by atoms with Crippen LogP contribution in [0.2, 0.25) is 10.0 Å². The van der Waals surface area contributed by atoms with Crippen LogP contribution in [0.25, 0.3) is 0 Å². The Bertz CT molecular complexity index is 613. The number of halogens is 2. The van der Waals surface area contributed by atoms with Gasteiger partial charge in [0.15, 0.2) is 0 Å². The first-order chi connectivity index (χ1) is 9.97. The van der Waals surface area contributed by atoms with Gasteiger partial charge < -0.3 is 15.6 Å². The maximum absolute atomic E-state index is 12.1. The minimum Gasteiger partial charge on any atom is -0.347 e. The van der Waals surface area contributed by atoms with E-state index in [0.29, 0.717) is 21.6 Å². The Morgan fingerprint density at radius 1 is 1.33 bits per heavy atom. The van der Waals surface area contributed by atoms with Crippen LogP contribution in [0.15, 0.2) is 30.6 Å². The molecule has 5 nitrogen and oxygen atoms in total. The molecule has 0 aliphatic carbocycles. The molecule has 0 fully saturated rings. The number of carbonyl (C=O) groups is 1. The zero-order valence-electron chi connectivity index (χ0n) is 11.7. The van der Waals surface area contributed by atoms with Gasteiger partial charge in [-0.2, -0.15) is 0 Å². The molecule has 1 aromatic carbocycles. The molecule has 2 rings (SSSR count). The van der Waals surface area contributed by atoms with Crippen LogP contribution < -0.4 is 10.6 Å². The molecule has 0 radical (unpaired) electrons. The second-order valence-corrected chi connectivity index (χ2v) is 5.76. The molecule has 1 atom stereocenters. The Kier molecular flexibility index (Phi) is 5.09. The monoisotopic (exact) mass is 326 g/mol. The number of benzene rings is 1. The molecule has 0 bridgehead atoms. The van der Waals surface area contributed by atoms with Crippen LogP contribution in [0.1, 0.15) is 25.7 Å². The third-order valence-electron chi connectivity index (χ3n) is 2.94. The zero-order valence-corrected chi connectivity index (χ0v) is 13.2. The number of anilines is 1. The predicted octanol–water partition coefficient (Wildman–Crippen LogP) is 4.24. The highest BCUT2D eigenvalue weighted by Crippen LogP contribution is 2.25. The van der Waals surface area contributed by atoms with Gasteiger partial charge in [0.2, 0.25) is 0 Å². The van der Waals surface area contributed by atoms with Gasteiger partial charge in [-0.05, 0) is 24.1 Å². The minimum absolute atomic E-state index is 0.178. The molecule has 112 valence electrons. The summed E-state index contributed by atoms with van der Waals surface area (Å²) in [5.74, 6) is 0.883. The third kappa shape index (κ3) is 4.12. The van der Waals surface area contributed by atoms with E-state index in [9.17, 15) is 4.79 Å². The molecule has 0 unspecified atom stereocenters. The summed E-state index contributed by atoms with van der Waals surface area (Å²) < 4.78 is 0. The lowest BCUT2D eigenvalue weighted by Gasteiger charge is -2.20. The summed E-state index contributed by atoms with van der Waals surface area (Å²) in [7, 11) is 0. The van der Waals surface area contributed by atoms with Gasteiger partial charge in [-0.1, -0.05) is 37.0 Å². The summed E-state index contributed by atoms with van der Waals surface area (Å²) >= 11 is 11.9. The predicted molar refractivity (Wildman–Crippen MR) is 84.8 cm³/mol. The standard InChI is InChI=1S/C14H16Cl2N4O/c1-8(2)12(13-17-5-6-18-13)20-14(21)19-11-7-9(15)3-4-10(11)16/h3-8,12H,1-2H3,(H,17,18)(H2,19,20,21)/t12-/m1/s1. The van der Waals surface area contributed by atoms with Crippen LogP contribution in [0, 0.1) is 5.92 Å². The van der Waals surface area contributed by atoms with E-state index in [0.717, 1.165) is 0 Å². The normalized spacial score (nSPS) is 12.2. The van der Waals surface area contributed by atoms with Gasteiger partial charge in [-0.25, -0.2) is 9.78 Å². The summed E-state index contributed by atoms with van der Waals surface area (Å²) in [6.07, 6.45) is 3.37. The summed E-state index contributed by atoms with van der Waals surface area (Å²) in [6, 6.07) is 4.30. The van der Waals surface area contributed by atoms with Crippen LogP contribution >= 0.6 is 23.2 Å². The third-order valence-corrected chi connectivity index (χ3v) is 3.51. The Morgan fingerprint density at radius 2 is 2.10 bits per heavy atom. The number of nitrogens with one attached hydrogen (secondary N) is 3. The van der Waals surface area contributed by atoms with Crippen molar-refractivity contribution in [3.05, 3.63) is 46.5 Å². The van der Waals surface area contributed by atoms with Gasteiger partial charge in [0.05, 0.1) is 16.8 Å². The van der Waals surface area contributed by atoms with Crippen molar-refractivity contribution in [2.24, 2.45) is 5.92 Å². The number of carbonyl (C=O) groups excluding carboxylic acids is 1.